The van der Waals surface area contributed by atoms with Crippen molar-refractivity contribution in [2.24, 2.45) is 0 Å². The molecule has 1 fully saturated rings. The summed E-state index contributed by atoms with van der Waals surface area (Å²) in [5.74, 6) is -0.266. The zero-order valence-corrected chi connectivity index (χ0v) is 14.8. The number of carbonyl (C=O) groups excluding carboxylic acids is 1. The smallest absolute Gasteiger partial charge is 0.248 e. The largest absolute Gasteiger partial charge is 0.317 e. The highest BCUT2D eigenvalue weighted by Gasteiger charge is 2.51. The fourth-order valence-corrected chi connectivity index (χ4v) is 5.18. The first kappa shape index (κ1) is 16.0. The van der Waals surface area contributed by atoms with Crippen LogP contribution >= 0.6 is 15.9 Å². The van der Waals surface area contributed by atoms with Crippen molar-refractivity contribution in [3.8, 4) is 0 Å². The number of amides is 1. The van der Waals surface area contributed by atoms with Gasteiger partial charge in [0.25, 0.3) is 0 Å². The van der Waals surface area contributed by atoms with Crippen LogP contribution in [-0.2, 0) is 21.1 Å². The first-order valence-electron chi connectivity index (χ1n) is 7.36. The topological polar surface area (TPSA) is 66.5 Å². The zero-order chi connectivity index (χ0) is 16.0. The van der Waals surface area contributed by atoms with Crippen LogP contribution in [0.5, 0.6) is 0 Å². The molecule has 0 radical (unpaired) electrons. The van der Waals surface area contributed by atoms with Gasteiger partial charge in [-0.2, -0.15) is 0 Å². The van der Waals surface area contributed by atoms with Crippen LogP contribution in [0, 0.1) is 0 Å². The summed E-state index contributed by atoms with van der Waals surface area (Å²) in [5.41, 5.74) is 1.93. The lowest BCUT2D eigenvalue weighted by Crippen LogP contribution is -2.58. The van der Waals surface area contributed by atoms with Crippen LogP contribution in [0.2, 0.25) is 0 Å². The van der Waals surface area contributed by atoms with E-state index in [1.54, 1.807) is 4.90 Å². The zero-order valence-electron chi connectivity index (χ0n) is 12.4. The number of nitrogens with zero attached hydrogens (tertiary/aromatic N) is 1. The van der Waals surface area contributed by atoms with Gasteiger partial charge in [-0.25, -0.2) is 8.42 Å². The minimum atomic E-state index is -3.48. The van der Waals surface area contributed by atoms with E-state index in [1.165, 1.54) is 6.26 Å². The van der Waals surface area contributed by atoms with Gasteiger partial charge in [-0.15, -0.1) is 0 Å². The number of carbonyl (C=O) groups is 1. The molecule has 0 aliphatic carbocycles. The van der Waals surface area contributed by atoms with Crippen molar-refractivity contribution in [3.05, 3.63) is 28.2 Å². The Balaban J connectivity index is 2.00. The van der Waals surface area contributed by atoms with Crippen LogP contribution in [0.15, 0.2) is 22.7 Å². The van der Waals surface area contributed by atoms with Crippen LogP contribution in [0.3, 0.4) is 0 Å². The summed E-state index contributed by atoms with van der Waals surface area (Å²) in [5, 5.41) is 3.14. The number of anilines is 1. The summed E-state index contributed by atoms with van der Waals surface area (Å²) >= 11 is 3.43. The van der Waals surface area contributed by atoms with Gasteiger partial charge < -0.3 is 10.2 Å². The SMILES string of the molecule is CS(=O)(=O)C1(C(=O)N2CCc3cc(Br)ccc32)CCNCC1. The van der Waals surface area contributed by atoms with E-state index in [4.69, 9.17) is 0 Å². The number of sulfone groups is 1. The molecule has 7 heteroatoms. The molecule has 5 nitrogen and oxygen atoms in total. The monoisotopic (exact) mass is 386 g/mol. The van der Waals surface area contributed by atoms with Crippen molar-refractivity contribution in [2.75, 3.05) is 30.8 Å². The molecule has 3 rings (SSSR count). The summed E-state index contributed by atoms with van der Waals surface area (Å²) < 4.78 is 24.5. The lowest BCUT2D eigenvalue weighted by Gasteiger charge is -2.37. The molecule has 2 heterocycles. The normalized spacial score (nSPS) is 20.7. The van der Waals surface area contributed by atoms with Crippen molar-refractivity contribution in [3.63, 3.8) is 0 Å². The maximum atomic E-state index is 13.1. The molecule has 22 heavy (non-hydrogen) atoms. The standard InChI is InChI=1S/C15H19BrN2O3S/c1-22(20,21)15(5-7-17-8-6-15)14(19)18-9-4-11-10-12(16)2-3-13(11)18/h2-3,10,17H,4-9H2,1H3. The van der Waals surface area contributed by atoms with Crippen molar-refractivity contribution in [1.29, 1.82) is 0 Å². The Morgan fingerprint density at radius 2 is 2.00 bits per heavy atom. The molecule has 2 aliphatic rings. The molecule has 1 saturated heterocycles. The Kier molecular flexibility index (Phi) is 4.07. The van der Waals surface area contributed by atoms with E-state index < -0.39 is 14.6 Å². The molecular formula is C15H19BrN2O3S. The molecule has 0 aromatic heterocycles. The Bertz CT molecular complexity index is 711. The lowest BCUT2D eigenvalue weighted by molar-refractivity contribution is -0.121. The number of nitrogens with one attached hydrogen (secondary N) is 1. The third-order valence-corrected chi connectivity index (χ3v) is 7.19. The van der Waals surface area contributed by atoms with E-state index in [0.29, 0.717) is 32.5 Å². The fourth-order valence-electron chi connectivity index (χ4n) is 3.40. The summed E-state index contributed by atoms with van der Waals surface area (Å²) in [6.07, 6.45) is 2.63. The summed E-state index contributed by atoms with van der Waals surface area (Å²) in [4.78, 5) is 14.8. The van der Waals surface area contributed by atoms with Gasteiger partial charge in [0.1, 0.15) is 0 Å². The number of rotatable bonds is 2. The van der Waals surface area contributed by atoms with Gasteiger partial charge in [-0.1, -0.05) is 15.9 Å². The molecule has 0 bridgehead atoms. The predicted octanol–water partition coefficient (Wildman–Crippen LogP) is 1.51. The van der Waals surface area contributed by atoms with Gasteiger partial charge in [0, 0.05) is 23.0 Å². The quantitative estimate of drug-likeness (QED) is 0.836. The van der Waals surface area contributed by atoms with Crippen molar-refractivity contribution in [1.82, 2.24) is 5.32 Å². The van der Waals surface area contributed by atoms with E-state index in [0.717, 1.165) is 22.1 Å². The van der Waals surface area contributed by atoms with Crippen LogP contribution in [0.4, 0.5) is 5.69 Å². The Labute approximate surface area is 139 Å². The predicted molar refractivity (Wildman–Crippen MR) is 89.9 cm³/mol. The second kappa shape index (κ2) is 5.62. The number of fused-ring (bicyclic) bond motifs is 1. The highest BCUT2D eigenvalue weighted by molar-refractivity contribution is 9.10. The van der Waals surface area contributed by atoms with Crippen LogP contribution in [0.25, 0.3) is 0 Å². The number of benzene rings is 1. The second-order valence-corrected chi connectivity index (χ2v) is 9.24. The summed E-state index contributed by atoms with van der Waals surface area (Å²) in [6.45, 7) is 1.66. The highest BCUT2D eigenvalue weighted by atomic mass is 79.9. The van der Waals surface area contributed by atoms with Crippen molar-refractivity contribution in [2.45, 2.75) is 24.0 Å². The first-order valence-corrected chi connectivity index (χ1v) is 10.0. The maximum absolute atomic E-state index is 13.1. The van der Waals surface area contributed by atoms with E-state index in [9.17, 15) is 13.2 Å². The lowest BCUT2D eigenvalue weighted by atomic mass is 9.95. The van der Waals surface area contributed by atoms with Gasteiger partial charge >= 0.3 is 0 Å². The van der Waals surface area contributed by atoms with Crippen LogP contribution in [-0.4, -0.2) is 45.0 Å². The van der Waals surface area contributed by atoms with Crippen LogP contribution < -0.4 is 10.2 Å². The van der Waals surface area contributed by atoms with E-state index >= 15 is 0 Å². The minimum Gasteiger partial charge on any atom is -0.317 e. The number of piperidine rings is 1. The average Bonchev–Trinajstić information content (AvgIpc) is 2.88. The average molecular weight is 387 g/mol. The number of halogens is 1. The first-order chi connectivity index (χ1) is 10.3. The second-order valence-electron chi connectivity index (χ2n) is 6.00. The maximum Gasteiger partial charge on any atom is 0.248 e. The molecule has 0 saturated carbocycles. The molecule has 0 atom stereocenters. The van der Waals surface area contributed by atoms with E-state index in [1.807, 2.05) is 18.2 Å². The summed E-state index contributed by atoms with van der Waals surface area (Å²) in [6, 6.07) is 5.78. The molecule has 1 amide bonds. The molecule has 1 aromatic rings. The molecule has 0 spiro atoms. The number of hydrogen-bond donors (Lipinski definition) is 1. The van der Waals surface area contributed by atoms with Gasteiger partial charge in [-0.05, 0) is 56.1 Å². The Morgan fingerprint density at radius 1 is 1.32 bits per heavy atom. The van der Waals surface area contributed by atoms with Crippen LogP contribution in [0.1, 0.15) is 18.4 Å². The summed E-state index contributed by atoms with van der Waals surface area (Å²) in [7, 11) is -3.48. The van der Waals surface area contributed by atoms with Gasteiger partial charge in [0.05, 0.1) is 0 Å². The molecule has 0 unspecified atom stereocenters. The molecule has 2 aliphatic heterocycles. The Morgan fingerprint density at radius 3 is 2.64 bits per heavy atom. The third-order valence-electron chi connectivity index (χ3n) is 4.69. The van der Waals surface area contributed by atoms with Crippen molar-refractivity contribution < 1.29 is 13.2 Å². The highest BCUT2D eigenvalue weighted by Crippen LogP contribution is 2.36. The van der Waals surface area contributed by atoms with E-state index in [-0.39, 0.29) is 5.91 Å². The number of hydrogen-bond acceptors (Lipinski definition) is 4. The van der Waals surface area contributed by atoms with Crippen molar-refractivity contribution >= 4 is 37.4 Å². The fraction of sp³-hybridized carbons (Fsp3) is 0.533. The molecule has 120 valence electrons. The van der Waals surface area contributed by atoms with E-state index in [2.05, 4.69) is 21.2 Å². The molecule has 1 aromatic carbocycles. The third kappa shape index (κ3) is 2.49. The Hall–Kier alpha value is -0.920. The van der Waals surface area contributed by atoms with Gasteiger partial charge in [0.15, 0.2) is 14.6 Å². The minimum absolute atomic E-state index is 0.266. The van der Waals surface area contributed by atoms with Gasteiger partial charge in [-0.3, -0.25) is 4.79 Å². The van der Waals surface area contributed by atoms with Gasteiger partial charge in [0.2, 0.25) is 5.91 Å². The molecular weight excluding hydrogens is 368 g/mol. The molecule has 1 N–H and O–H groups in total.